The molecular formula is C120H66N8. The summed E-state index contributed by atoms with van der Waals surface area (Å²) in [5.74, 6) is 0. The molecule has 8 heterocycles. The van der Waals surface area contributed by atoms with Crippen molar-refractivity contribution in [3.63, 3.8) is 0 Å². The number of para-hydroxylation sites is 4. The van der Waals surface area contributed by atoms with Crippen LogP contribution in [0.3, 0.4) is 0 Å². The molecule has 0 unspecified atom stereocenters. The van der Waals surface area contributed by atoms with Gasteiger partial charge in [-0.05, 0) is 217 Å². The van der Waals surface area contributed by atoms with Crippen molar-refractivity contribution >= 4 is 266 Å². The third-order valence-corrected chi connectivity index (χ3v) is 27.0. The fourth-order valence-electron chi connectivity index (χ4n) is 21.5. The van der Waals surface area contributed by atoms with Gasteiger partial charge in [-0.15, -0.1) is 0 Å². The average Bonchev–Trinajstić information content (AvgIpc) is 1.58. The molecule has 0 aliphatic rings. The van der Waals surface area contributed by atoms with Gasteiger partial charge < -0.3 is 17.6 Å². The van der Waals surface area contributed by atoms with Gasteiger partial charge in [0.15, 0.2) is 5.69 Å². The average molecular weight is 1620 g/mol. The van der Waals surface area contributed by atoms with Gasteiger partial charge in [-0.3, -0.25) is 14.5 Å². The normalized spacial score (nSPS) is 11.9. The number of rotatable bonds is 0. The number of nitrogens with zero attached hydrogens (tertiary/aromatic N) is 8. The van der Waals surface area contributed by atoms with Crippen molar-refractivity contribution in [1.29, 1.82) is 5.26 Å². The summed E-state index contributed by atoms with van der Waals surface area (Å²) in [7, 11) is 0. The number of hydrogen-bond donors (Lipinski definition) is 0. The van der Waals surface area contributed by atoms with Crippen molar-refractivity contribution in [2.24, 2.45) is 0 Å². The molecule has 21 aromatic carbocycles. The molecular weight excluding hydrogens is 1550 g/mol. The van der Waals surface area contributed by atoms with Gasteiger partial charge in [-0.2, -0.15) is 5.26 Å². The highest BCUT2D eigenvalue weighted by atomic mass is 14.9. The minimum Gasteiger partial charge on any atom is -0.309 e. The maximum atomic E-state index is 10.1. The molecule has 0 aliphatic heterocycles. The first-order valence-corrected chi connectivity index (χ1v) is 43.1. The Balaban J connectivity index is 0.0000000907. The number of benzene rings is 21. The van der Waals surface area contributed by atoms with E-state index >= 15 is 0 Å². The van der Waals surface area contributed by atoms with Gasteiger partial charge in [0.05, 0.1) is 97.5 Å². The molecule has 0 atom stereocenters. The summed E-state index contributed by atoms with van der Waals surface area (Å²) in [6, 6.07) is 147. The Labute approximate surface area is 730 Å². The molecule has 0 saturated carbocycles. The molecule has 0 spiro atoms. The van der Waals surface area contributed by atoms with Crippen LogP contribution in [0, 0.1) is 31.0 Å². The lowest BCUT2D eigenvalue weighted by molar-refractivity contribution is 1.35. The lowest BCUT2D eigenvalue weighted by Gasteiger charge is -2.17. The standard InChI is InChI=1S/C32H13N5.C32H19N.2C28H17N/c1-34-30-25-15-24-21-12-18-8-4-5-9-19(18)13-23(21)28-14-20-10-6-7-11-27(20)37(28)29(24)16-22(25)26(17-33)31(35-2)32(30)36-3;1-2-10-21-18-28-27(17-20(21)9-1)30-19-22-11-3-8-16-29(22)33(30)32-26-15-7-5-13-24(26)23-12-4-6-14-25(23)31(28)32;1-2-9-20-16-24-23(15-19(20)8-1)27-17-21-10-4-6-12-25(21)29(27)26-14-13-18-7-3-5-11-22(18)28(24)26;1-2-9-20-16-25-24(15-19(20)8-1)23-14-13-18-7-3-5-11-22(18)28(23)29-26-12-6-4-10-21(26)17-27(25)29/h4-16H;1-19H;2*1-17H. The second-order valence-electron chi connectivity index (χ2n) is 33.6. The Hall–Kier alpha value is -17.9. The third-order valence-electron chi connectivity index (χ3n) is 27.0. The van der Waals surface area contributed by atoms with E-state index in [2.05, 4.69) is 402 Å². The second kappa shape index (κ2) is 27.8. The molecule has 29 rings (SSSR count). The summed E-state index contributed by atoms with van der Waals surface area (Å²) >= 11 is 0. The van der Waals surface area contributed by atoms with Gasteiger partial charge in [0, 0.05) is 75.4 Å². The van der Waals surface area contributed by atoms with Crippen molar-refractivity contribution in [3.8, 4) is 6.07 Å². The molecule has 8 heteroatoms. The van der Waals surface area contributed by atoms with E-state index in [1.165, 1.54) is 190 Å². The first-order chi connectivity index (χ1) is 63.3. The quantitative estimate of drug-likeness (QED) is 0.0848. The molecule has 0 radical (unpaired) electrons. The highest BCUT2D eigenvalue weighted by Gasteiger charge is 2.26. The molecule has 128 heavy (non-hydrogen) atoms. The topological polar surface area (TPSA) is 54.5 Å². The summed E-state index contributed by atoms with van der Waals surface area (Å²) < 4.78 is 9.59. The van der Waals surface area contributed by atoms with Crippen molar-refractivity contribution in [1.82, 2.24) is 17.6 Å². The van der Waals surface area contributed by atoms with Crippen LogP contribution in [-0.2, 0) is 0 Å². The number of aromatic nitrogens is 4. The summed E-state index contributed by atoms with van der Waals surface area (Å²) in [6.45, 7) is 23.2. The SMILES string of the molecule is [C-]#[N+]c1c([N+]#[C-])c([N+]#[C-])c2cc3c4cc5ccccc5cc4c4cc5ccccc5n4c3cc2c1C#N.c1ccc2cc3c(cc2c1)c1c2ccccc2c2ccccc2c1n1c2ccccc2cc31.c1ccc2cc3c(cc2c1)c1c2ccccc2ccc1n1c2ccccc2cc31.c1ccc2cc3c(cc2c1)c1ccc2ccccc2c1n1c2ccccc2cc31. The summed E-state index contributed by atoms with van der Waals surface area (Å²) in [5, 5.41) is 51.2. The Bertz CT molecular complexity index is 10300. The molecule has 0 N–H and O–H groups in total. The smallest absolute Gasteiger partial charge is 0.202 e. The lowest BCUT2D eigenvalue weighted by atomic mass is 9.92. The molecule has 0 bridgehead atoms. The molecule has 0 fully saturated rings. The highest BCUT2D eigenvalue weighted by Crippen LogP contribution is 2.51. The van der Waals surface area contributed by atoms with Gasteiger partial charge >= 0.3 is 0 Å². The molecule has 29 aromatic rings. The summed E-state index contributed by atoms with van der Waals surface area (Å²) in [4.78, 5) is 10.7. The van der Waals surface area contributed by atoms with Crippen LogP contribution in [0.5, 0.6) is 0 Å². The fourth-order valence-corrected chi connectivity index (χ4v) is 21.5. The fraction of sp³-hybridized carbons (Fsp3) is 0. The molecule has 8 nitrogen and oxygen atoms in total. The second-order valence-corrected chi connectivity index (χ2v) is 33.6. The Morgan fingerprint density at radius 1 is 0.172 bits per heavy atom. The van der Waals surface area contributed by atoms with E-state index in [1.54, 1.807) is 0 Å². The van der Waals surface area contributed by atoms with Crippen LogP contribution in [0.1, 0.15) is 5.56 Å². The van der Waals surface area contributed by atoms with Gasteiger partial charge in [0.1, 0.15) is 0 Å². The number of hydrogen-bond acceptors (Lipinski definition) is 1. The maximum Gasteiger partial charge on any atom is 0.202 e. The van der Waals surface area contributed by atoms with Crippen LogP contribution >= 0.6 is 0 Å². The van der Waals surface area contributed by atoms with Crippen LogP contribution in [0.25, 0.3) is 264 Å². The predicted molar refractivity (Wildman–Crippen MR) is 541 cm³/mol. The van der Waals surface area contributed by atoms with E-state index in [4.69, 9.17) is 19.7 Å². The molecule has 586 valence electrons. The van der Waals surface area contributed by atoms with Crippen LogP contribution in [0.2, 0.25) is 0 Å². The number of pyridine rings is 4. The molecule has 0 amide bonds. The van der Waals surface area contributed by atoms with Crippen molar-refractivity contribution < 1.29 is 0 Å². The zero-order valence-electron chi connectivity index (χ0n) is 68.7. The van der Waals surface area contributed by atoms with Crippen LogP contribution < -0.4 is 0 Å². The monoisotopic (exact) mass is 1620 g/mol. The molecule has 8 aromatic heterocycles. The third kappa shape index (κ3) is 10.5. The Morgan fingerprint density at radius 2 is 0.477 bits per heavy atom. The van der Waals surface area contributed by atoms with E-state index in [9.17, 15) is 5.26 Å². The van der Waals surface area contributed by atoms with Gasteiger partial charge in [0.2, 0.25) is 11.4 Å². The molecule has 0 saturated heterocycles. The maximum absolute atomic E-state index is 10.1. The minimum absolute atomic E-state index is 0.0595. The molecule has 0 aliphatic carbocycles. The van der Waals surface area contributed by atoms with Gasteiger partial charge in [-0.1, -0.05) is 291 Å². The van der Waals surface area contributed by atoms with Gasteiger partial charge in [0.25, 0.3) is 0 Å². The largest absolute Gasteiger partial charge is 0.309 e. The summed E-state index contributed by atoms with van der Waals surface area (Å²) in [5.41, 5.74) is 14.5. The Kier molecular flexibility index (Phi) is 15.6. The van der Waals surface area contributed by atoms with Crippen LogP contribution in [0.4, 0.5) is 17.1 Å². The van der Waals surface area contributed by atoms with Crippen LogP contribution in [-0.4, -0.2) is 17.6 Å². The van der Waals surface area contributed by atoms with Crippen molar-refractivity contribution in [2.45, 2.75) is 0 Å². The highest BCUT2D eigenvalue weighted by molar-refractivity contribution is 6.35. The summed E-state index contributed by atoms with van der Waals surface area (Å²) in [6.07, 6.45) is 0. The van der Waals surface area contributed by atoms with Crippen LogP contribution in [0.15, 0.2) is 400 Å². The van der Waals surface area contributed by atoms with E-state index in [1.807, 2.05) is 36.4 Å². The number of fused-ring (bicyclic) bond motifs is 46. The number of nitriles is 1. The Morgan fingerprint density at radius 3 is 0.945 bits per heavy atom. The van der Waals surface area contributed by atoms with E-state index < -0.39 is 0 Å². The zero-order valence-corrected chi connectivity index (χ0v) is 68.7. The zero-order chi connectivity index (χ0) is 84.7. The lowest BCUT2D eigenvalue weighted by Crippen LogP contribution is -1.94. The first kappa shape index (κ1) is 71.8. The van der Waals surface area contributed by atoms with Crippen molar-refractivity contribution in [2.75, 3.05) is 0 Å². The van der Waals surface area contributed by atoms with Gasteiger partial charge in [-0.25, -0.2) is 0 Å². The van der Waals surface area contributed by atoms with Crippen molar-refractivity contribution in [3.05, 3.63) is 440 Å². The van der Waals surface area contributed by atoms with E-state index in [0.717, 1.165) is 48.9 Å². The first-order valence-electron chi connectivity index (χ1n) is 43.1. The minimum atomic E-state index is -0.0596. The predicted octanol–water partition coefficient (Wildman–Crippen LogP) is 33.5. The van der Waals surface area contributed by atoms with E-state index in [0.29, 0.717) is 10.8 Å². The van der Waals surface area contributed by atoms with E-state index in [-0.39, 0.29) is 22.6 Å².